The highest BCUT2D eigenvalue weighted by molar-refractivity contribution is 4.96. The molecule has 2 heterocycles. The van der Waals surface area contributed by atoms with Crippen LogP contribution in [0.3, 0.4) is 0 Å². The summed E-state index contributed by atoms with van der Waals surface area (Å²) >= 11 is 0. The van der Waals surface area contributed by atoms with Crippen LogP contribution in [0.4, 0.5) is 0 Å². The van der Waals surface area contributed by atoms with E-state index in [0.29, 0.717) is 6.04 Å². The van der Waals surface area contributed by atoms with E-state index < -0.39 is 5.60 Å². The summed E-state index contributed by atoms with van der Waals surface area (Å²) in [5, 5.41) is 17.3. The number of rotatable bonds is 1. The molecule has 0 aromatic rings. The molecule has 0 bridgehead atoms. The van der Waals surface area contributed by atoms with Crippen molar-refractivity contribution in [2.24, 2.45) is 0 Å². The zero-order chi connectivity index (χ0) is 9.86. The summed E-state index contributed by atoms with van der Waals surface area (Å²) < 4.78 is 0. The maximum absolute atomic E-state index is 10.5. The zero-order valence-corrected chi connectivity index (χ0v) is 8.89. The average molecular weight is 198 g/mol. The van der Waals surface area contributed by atoms with Gasteiger partial charge in [-0.15, -0.1) is 0 Å². The van der Waals surface area contributed by atoms with Crippen molar-refractivity contribution < 1.29 is 5.11 Å². The van der Waals surface area contributed by atoms with Crippen LogP contribution in [-0.4, -0.2) is 36.4 Å². The van der Waals surface area contributed by atoms with Crippen molar-refractivity contribution in [3.63, 3.8) is 0 Å². The van der Waals surface area contributed by atoms with Crippen molar-refractivity contribution in [3.8, 4) is 0 Å². The van der Waals surface area contributed by atoms with Crippen LogP contribution in [-0.2, 0) is 0 Å². The Kier molecular flexibility index (Phi) is 3.42. The van der Waals surface area contributed by atoms with Gasteiger partial charge in [-0.05, 0) is 38.8 Å². The highest BCUT2D eigenvalue weighted by atomic mass is 16.3. The maximum atomic E-state index is 10.5. The molecule has 0 aromatic carbocycles. The quantitative estimate of drug-likeness (QED) is 0.579. The van der Waals surface area contributed by atoms with Gasteiger partial charge in [-0.3, -0.25) is 0 Å². The zero-order valence-electron chi connectivity index (χ0n) is 8.89. The van der Waals surface area contributed by atoms with Crippen molar-refractivity contribution in [3.05, 3.63) is 0 Å². The smallest absolute Gasteiger partial charge is 0.0923 e. The first-order valence-corrected chi connectivity index (χ1v) is 5.98. The first kappa shape index (κ1) is 10.4. The normalized spacial score (nSPS) is 40.5. The Balaban J connectivity index is 1.95. The van der Waals surface area contributed by atoms with Crippen LogP contribution in [0.25, 0.3) is 0 Å². The molecule has 0 radical (unpaired) electrons. The molecule has 2 rings (SSSR count). The van der Waals surface area contributed by atoms with E-state index >= 15 is 0 Å². The molecule has 14 heavy (non-hydrogen) atoms. The molecule has 2 saturated heterocycles. The molecule has 2 aliphatic rings. The highest BCUT2D eigenvalue weighted by Gasteiger charge is 2.37. The number of β-amino-alcohol motifs (C(OH)–C–C–N with tert-alkyl or cyclic N) is 1. The predicted molar refractivity (Wildman–Crippen MR) is 57.3 cm³/mol. The van der Waals surface area contributed by atoms with Gasteiger partial charge in [-0.25, -0.2) is 0 Å². The molecule has 2 aliphatic heterocycles. The van der Waals surface area contributed by atoms with E-state index in [2.05, 4.69) is 10.6 Å². The minimum atomic E-state index is -0.484. The minimum absolute atomic E-state index is 0.317. The summed E-state index contributed by atoms with van der Waals surface area (Å²) in [5.74, 6) is 0. The summed E-state index contributed by atoms with van der Waals surface area (Å²) in [4.78, 5) is 0. The van der Waals surface area contributed by atoms with E-state index in [1.54, 1.807) is 0 Å². The third-order valence-electron chi connectivity index (χ3n) is 3.60. The Morgan fingerprint density at radius 1 is 1.07 bits per heavy atom. The number of nitrogens with one attached hydrogen (secondary N) is 2. The Hall–Kier alpha value is -0.120. The summed E-state index contributed by atoms with van der Waals surface area (Å²) in [6.45, 7) is 2.91. The van der Waals surface area contributed by atoms with Crippen molar-refractivity contribution in [1.82, 2.24) is 10.6 Å². The van der Waals surface area contributed by atoms with Gasteiger partial charge >= 0.3 is 0 Å². The SMILES string of the molecule is OC1(C2CCCCCN2)CCCNC1. The number of piperidine rings is 1. The van der Waals surface area contributed by atoms with Crippen molar-refractivity contribution in [1.29, 1.82) is 0 Å². The van der Waals surface area contributed by atoms with E-state index in [0.717, 1.165) is 38.9 Å². The van der Waals surface area contributed by atoms with Gasteiger partial charge in [0, 0.05) is 12.6 Å². The van der Waals surface area contributed by atoms with Crippen molar-refractivity contribution in [2.75, 3.05) is 19.6 Å². The van der Waals surface area contributed by atoms with E-state index in [1.807, 2.05) is 0 Å². The Labute approximate surface area is 86.3 Å². The molecule has 2 atom stereocenters. The van der Waals surface area contributed by atoms with E-state index in [-0.39, 0.29) is 0 Å². The summed E-state index contributed by atoms with van der Waals surface area (Å²) in [6.07, 6.45) is 7.04. The van der Waals surface area contributed by atoms with Crippen LogP contribution in [0.1, 0.15) is 38.5 Å². The first-order valence-electron chi connectivity index (χ1n) is 5.98. The van der Waals surface area contributed by atoms with Crippen molar-refractivity contribution >= 4 is 0 Å². The van der Waals surface area contributed by atoms with Crippen LogP contribution in [0.2, 0.25) is 0 Å². The molecule has 2 unspecified atom stereocenters. The molecule has 0 spiro atoms. The van der Waals surface area contributed by atoms with Crippen LogP contribution in [0.15, 0.2) is 0 Å². The van der Waals surface area contributed by atoms with Gasteiger partial charge in [0.25, 0.3) is 0 Å². The van der Waals surface area contributed by atoms with Crippen LogP contribution >= 0.6 is 0 Å². The van der Waals surface area contributed by atoms with Crippen LogP contribution in [0, 0.1) is 0 Å². The van der Waals surface area contributed by atoms with Gasteiger partial charge in [0.1, 0.15) is 0 Å². The molecular formula is C11H22N2O. The van der Waals surface area contributed by atoms with E-state index in [9.17, 15) is 5.11 Å². The topological polar surface area (TPSA) is 44.3 Å². The first-order chi connectivity index (χ1) is 6.81. The second-order valence-corrected chi connectivity index (χ2v) is 4.74. The monoisotopic (exact) mass is 198 g/mol. The lowest BCUT2D eigenvalue weighted by Crippen LogP contribution is -2.58. The lowest BCUT2D eigenvalue weighted by Gasteiger charge is -2.39. The number of hydrogen-bond acceptors (Lipinski definition) is 3. The summed E-state index contributed by atoms with van der Waals surface area (Å²) in [7, 11) is 0. The lowest BCUT2D eigenvalue weighted by molar-refractivity contribution is -0.0199. The van der Waals surface area contributed by atoms with Gasteiger partial charge in [0.2, 0.25) is 0 Å². The van der Waals surface area contributed by atoms with Gasteiger partial charge in [0.15, 0.2) is 0 Å². The summed E-state index contributed by atoms with van der Waals surface area (Å²) in [5.41, 5.74) is -0.484. The maximum Gasteiger partial charge on any atom is 0.0923 e. The average Bonchev–Trinajstić information content (AvgIpc) is 2.47. The molecule has 2 fully saturated rings. The Bertz CT molecular complexity index is 170. The molecule has 3 heteroatoms. The third-order valence-corrected chi connectivity index (χ3v) is 3.60. The molecule has 3 nitrogen and oxygen atoms in total. The second-order valence-electron chi connectivity index (χ2n) is 4.74. The van der Waals surface area contributed by atoms with Crippen LogP contribution in [0.5, 0.6) is 0 Å². The van der Waals surface area contributed by atoms with E-state index in [4.69, 9.17) is 0 Å². The lowest BCUT2D eigenvalue weighted by atomic mass is 9.84. The fraction of sp³-hybridized carbons (Fsp3) is 1.00. The minimum Gasteiger partial charge on any atom is -0.387 e. The fourth-order valence-electron chi connectivity index (χ4n) is 2.70. The highest BCUT2D eigenvalue weighted by Crippen LogP contribution is 2.25. The van der Waals surface area contributed by atoms with Gasteiger partial charge < -0.3 is 15.7 Å². The molecule has 3 N–H and O–H groups in total. The largest absolute Gasteiger partial charge is 0.387 e. The molecule has 82 valence electrons. The molecule has 0 saturated carbocycles. The molecule has 0 aliphatic carbocycles. The molecule has 0 aromatic heterocycles. The fourth-order valence-corrected chi connectivity index (χ4v) is 2.70. The third kappa shape index (κ3) is 2.27. The molecular weight excluding hydrogens is 176 g/mol. The Morgan fingerprint density at radius 2 is 2.00 bits per heavy atom. The van der Waals surface area contributed by atoms with Crippen molar-refractivity contribution in [2.45, 2.75) is 50.2 Å². The van der Waals surface area contributed by atoms with Crippen LogP contribution < -0.4 is 10.6 Å². The standard InChI is InChI=1S/C11H22N2O/c14-11(6-4-7-12-9-11)10-5-2-1-3-8-13-10/h10,12-14H,1-9H2. The number of aliphatic hydroxyl groups is 1. The molecule has 0 amide bonds. The predicted octanol–water partition coefficient (Wildman–Crippen LogP) is 0.633. The second kappa shape index (κ2) is 4.60. The van der Waals surface area contributed by atoms with Gasteiger partial charge in [-0.2, -0.15) is 0 Å². The number of hydrogen-bond donors (Lipinski definition) is 3. The Morgan fingerprint density at radius 3 is 2.79 bits per heavy atom. The van der Waals surface area contributed by atoms with Gasteiger partial charge in [-0.1, -0.05) is 12.8 Å². The van der Waals surface area contributed by atoms with Gasteiger partial charge in [0.05, 0.1) is 5.60 Å². The summed E-state index contributed by atoms with van der Waals surface area (Å²) in [6, 6.07) is 0.317. The van der Waals surface area contributed by atoms with E-state index in [1.165, 1.54) is 19.3 Å².